The summed E-state index contributed by atoms with van der Waals surface area (Å²) in [5.41, 5.74) is 2.47. The molecule has 1 amide bonds. The lowest BCUT2D eigenvalue weighted by atomic mass is 10.1. The van der Waals surface area contributed by atoms with Gasteiger partial charge in [-0.2, -0.15) is 5.10 Å². The number of benzene rings is 1. The van der Waals surface area contributed by atoms with Gasteiger partial charge in [-0.25, -0.2) is 4.68 Å². The topological polar surface area (TPSA) is 71.3 Å². The Bertz CT molecular complexity index is 1110. The fraction of sp³-hybridized carbons (Fsp3) is 0.364. The smallest absolute Gasteiger partial charge is 0.275 e. The quantitative estimate of drug-likeness (QED) is 0.686. The van der Waals surface area contributed by atoms with E-state index in [1.54, 1.807) is 18.3 Å². The summed E-state index contributed by atoms with van der Waals surface area (Å²) in [4.78, 5) is 34.4. The largest absolute Gasteiger partial charge is 0.367 e. The van der Waals surface area contributed by atoms with E-state index >= 15 is 0 Å². The molecule has 0 atom stereocenters. The molecule has 0 spiro atoms. The van der Waals surface area contributed by atoms with Crippen LogP contribution in [0.3, 0.4) is 0 Å². The van der Waals surface area contributed by atoms with Gasteiger partial charge in [-0.15, -0.1) is 0 Å². The summed E-state index contributed by atoms with van der Waals surface area (Å²) in [6.45, 7) is 8.53. The predicted molar refractivity (Wildman–Crippen MR) is 113 cm³/mol. The van der Waals surface area contributed by atoms with Crippen LogP contribution in [0.4, 0.5) is 5.69 Å². The Hall–Kier alpha value is -3.22. The van der Waals surface area contributed by atoms with Gasteiger partial charge >= 0.3 is 0 Å². The fourth-order valence-electron chi connectivity index (χ4n) is 3.80. The second-order valence-corrected chi connectivity index (χ2v) is 7.68. The van der Waals surface area contributed by atoms with Gasteiger partial charge in [0.1, 0.15) is 0 Å². The van der Waals surface area contributed by atoms with Crippen LogP contribution in [0.2, 0.25) is 0 Å². The van der Waals surface area contributed by atoms with Crippen molar-refractivity contribution in [1.29, 1.82) is 0 Å². The van der Waals surface area contributed by atoms with Crippen LogP contribution < -0.4 is 10.5 Å². The van der Waals surface area contributed by atoms with Crippen molar-refractivity contribution in [3.63, 3.8) is 0 Å². The van der Waals surface area contributed by atoms with Gasteiger partial charge in [0.2, 0.25) is 0 Å². The lowest BCUT2D eigenvalue weighted by molar-refractivity contribution is 0.0740. The van der Waals surface area contributed by atoms with Crippen LogP contribution in [0.15, 0.2) is 47.5 Å². The first-order chi connectivity index (χ1) is 14.0. The number of carbonyl (C=O) groups excluding carboxylic acids is 1. The molecule has 1 fully saturated rings. The number of hydrogen-bond donors (Lipinski definition) is 0. The van der Waals surface area contributed by atoms with E-state index in [9.17, 15) is 9.59 Å². The molecule has 0 saturated carbocycles. The Morgan fingerprint density at radius 3 is 2.38 bits per heavy atom. The standard InChI is InChI=1S/C22H25N5O2/c1-15(2)27-21(28)18-7-5-4-6-17(18)20(24-27)22(29)26-12-10-25(11-13-26)19-14-23-9-8-16(19)3/h4-9,14-15H,10-13H2,1-3H3. The molecule has 1 aromatic carbocycles. The number of hydrogen-bond acceptors (Lipinski definition) is 5. The van der Waals surface area contributed by atoms with Crippen molar-refractivity contribution >= 4 is 22.4 Å². The van der Waals surface area contributed by atoms with Crippen molar-refractivity contribution in [2.24, 2.45) is 0 Å². The van der Waals surface area contributed by atoms with Crippen LogP contribution in [-0.4, -0.2) is 51.8 Å². The third-order valence-electron chi connectivity index (χ3n) is 5.44. The van der Waals surface area contributed by atoms with Crippen molar-refractivity contribution in [3.8, 4) is 0 Å². The SMILES string of the molecule is Cc1ccncc1N1CCN(C(=O)c2nn(C(C)C)c(=O)c3ccccc23)CC1. The van der Waals surface area contributed by atoms with Crippen molar-refractivity contribution in [1.82, 2.24) is 19.7 Å². The van der Waals surface area contributed by atoms with E-state index in [-0.39, 0.29) is 17.5 Å². The molecule has 1 aliphatic heterocycles. The van der Waals surface area contributed by atoms with Gasteiger partial charge in [0.05, 0.1) is 23.3 Å². The zero-order valence-corrected chi connectivity index (χ0v) is 17.0. The number of rotatable bonds is 3. The number of aryl methyl sites for hydroxylation is 1. The second kappa shape index (κ2) is 7.66. The maximum Gasteiger partial charge on any atom is 0.275 e. The number of piperazine rings is 1. The summed E-state index contributed by atoms with van der Waals surface area (Å²) in [5, 5.41) is 5.60. The highest BCUT2D eigenvalue weighted by molar-refractivity contribution is 6.04. The first-order valence-corrected chi connectivity index (χ1v) is 9.93. The summed E-state index contributed by atoms with van der Waals surface area (Å²) in [5.74, 6) is -0.127. The summed E-state index contributed by atoms with van der Waals surface area (Å²) < 4.78 is 1.41. The molecule has 150 valence electrons. The first-order valence-electron chi connectivity index (χ1n) is 9.93. The van der Waals surface area contributed by atoms with Crippen LogP contribution in [0, 0.1) is 6.92 Å². The molecule has 1 saturated heterocycles. The molecule has 0 aliphatic carbocycles. The van der Waals surface area contributed by atoms with Gasteiger partial charge in [0, 0.05) is 37.8 Å². The number of amides is 1. The highest BCUT2D eigenvalue weighted by atomic mass is 16.2. The average Bonchev–Trinajstić information content (AvgIpc) is 2.74. The number of carbonyl (C=O) groups is 1. The highest BCUT2D eigenvalue weighted by Crippen LogP contribution is 2.21. The molecule has 0 radical (unpaired) electrons. The monoisotopic (exact) mass is 391 g/mol. The minimum Gasteiger partial charge on any atom is -0.367 e. The lowest BCUT2D eigenvalue weighted by Gasteiger charge is -2.36. The molecule has 0 bridgehead atoms. The van der Waals surface area contributed by atoms with Crippen molar-refractivity contribution in [2.45, 2.75) is 26.8 Å². The first kappa shape index (κ1) is 19.1. The minimum absolute atomic E-state index is 0.121. The van der Waals surface area contributed by atoms with Gasteiger partial charge in [-0.05, 0) is 38.5 Å². The molecule has 3 heterocycles. The van der Waals surface area contributed by atoms with Crippen molar-refractivity contribution in [2.75, 3.05) is 31.1 Å². The summed E-state index contributed by atoms with van der Waals surface area (Å²) in [6, 6.07) is 9.09. The van der Waals surface area contributed by atoms with Crippen molar-refractivity contribution in [3.05, 3.63) is 64.3 Å². The molecule has 4 rings (SSSR count). The Morgan fingerprint density at radius 2 is 1.72 bits per heavy atom. The number of aromatic nitrogens is 3. The molecule has 7 nitrogen and oxygen atoms in total. The summed E-state index contributed by atoms with van der Waals surface area (Å²) in [7, 11) is 0. The summed E-state index contributed by atoms with van der Waals surface area (Å²) in [6.07, 6.45) is 3.67. The number of pyridine rings is 1. The lowest BCUT2D eigenvalue weighted by Crippen LogP contribution is -2.49. The van der Waals surface area contributed by atoms with Crippen LogP contribution in [0.5, 0.6) is 0 Å². The number of anilines is 1. The van der Waals surface area contributed by atoms with E-state index in [4.69, 9.17) is 0 Å². The molecule has 7 heteroatoms. The van der Waals surface area contributed by atoms with Gasteiger partial charge in [-0.3, -0.25) is 14.6 Å². The highest BCUT2D eigenvalue weighted by Gasteiger charge is 2.26. The molecular formula is C22H25N5O2. The van der Waals surface area contributed by atoms with E-state index in [1.807, 2.05) is 43.1 Å². The fourth-order valence-corrected chi connectivity index (χ4v) is 3.80. The third kappa shape index (κ3) is 3.48. The Labute approximate surface area is 169 Å². The Morgan fingerprint density at radius 1 is 1.03 bits per heavy atom. The van der Waals surface area contributed by atoms with E-state index in [0.29, 0.717) is 29.6 Å². The molecule has 29 heavy (non-hydrogen) atoms. The summed E-state index contributed by atoms with van der Waals surface area (Å²) >= 11 is 0. The van der Waals surface area contributed by atoms with E-state index < -0.39 is 0 Å². The zero-order chi connectivity index (χ0) is 20.5. The van der Waals surface area contributed by atoms with Crippen LogP contribution in [-0.2, 0) is 0 Å². The maximum atomic E-state index is 13.3. The Kier molecular flexibility index (Phi) is 5.05. The average molecular weight is 391 g/mol. The number of fused-ring (bicyclic) bond motifs is 1. The van der Waals surface area contributed by atoms with Crippen LogP contribution >= 0.6 is 0 Å². The van der Waals surface area contributed by atoms with Gasteiger partial charge in [0.25, 0.3) is 11.5 Å². The second-order valence-electron chi connectivity index (χ2n) is 7.68. The van der Waals surface area contributed by atoms with E-state index in [0.717, 1.165) is 18.8 Å². The van der Waals surface area contributed by atoms with E-state index in [1.165, 1.54) is 10.2 Å². The van der Waals surface area contributed by atoms with Crippen molar-refractivity contribution < 1.29 is 4.79 Å². The molecule has 0 unspecified atom stereocenters. The molecule has 0 N–H and O–H groups in total. The van der Waals surface area contributed by atoms with E-state index in [2.05, 4.69) is 21.9 Å². The van der Waals surface area contributed by atoms with Gasteiger partial charge in [0.15, 0.2) is 5.69 Å². The molecular weight excluding hydrogens is 366 g/mol. The molecule has 3 aromatic rings. The van der Waals surface area contributed by atoms with Gasteiger partial charge in [-0.1, -0.05) is 18.2 Å². The molecule has 2 aromatic heterocycles. The molecule has 1 aliphatic rings. The van der Waals surface area contributed by atoms with Crippen LogP contribution in [0.25, 0.3) is 10.8 Å². The third-order valence-corrected chi connectivity index (χ3v) is 5.44. The maximum absolute atomic E-state index is 13.3. The van der Waals surface area contributed by atoms with Crippen LogP contribution in [0.1, 0.15) is 35.9 Å². The Balaban J connectivity index is 1.63. The zero-order valence-electron chi connectivity index (χ0n) is 17.0. The normalized spacial score (nSPS) is 14.6. The van der Waals surface area contributed by atoms with Gasteiger partial charge < -0.3 is 9.80 Å². The minimum atomic E-state index is -0.163. The predicted octanol–water partition coefficient (Wildman–Crippen LogP) is 2.64. The number of nitrogens with zero attached hydrogens (tertiary/aromatic N) is 5.